The SMILES string of the molecule is CC(C)(C)NCCNC1CCCc2ccccc21. The first-order valence-electron chi connectivity index (χ1n) is 7.12. The Balaban J connectivity index is 1.84. The molecule has 1 aliphatic rings. The molecule has 0 saturated heterocycles. The summed E-state index contributed by atoms with van der Waals surface area (Å²) in [6, 6.07) is 9.42. The molecule has 0 saturated carbocycles. The average molecular weight is 246 g/mol. The van der Waals surface area contributed by atoms with E-state index in [1.807, 2.05) is 0 Å². The van der Waals surface area contributed by atoms with Crippen LogP contribution in [0.25, 0.3) is 0 Å². The van der Waals surface area contributed by atoms with Gasteiger partial charge >= 0.3 is 0 Å². The average Bonchev–Trinajstić information content (AvgIpc) is 2.33. The van der Waals surface area contributed by atoms with E-state index in [-0.39, 0.29) is 5.54 Å². The van der Waals surface area contributed by atoms with Crippen LogP contribution in [0.4, 0.5) is 0 Å². The molecule has 1 atom stereocenters. The van der Waals surface area contributed by atoms with Crippen molar-refractivity contribution in [2.75, 3.05) is 13.1 Å². The normalized spacial score (nSPS) is 19.6. The zero-order chi connectivity index (χ0) is 13.0. The summed E-state index contributed by atoms with van der Waals surface area (Å²) in [7, 11) is 0. The summed E-state index contributed by atoms with van der Waals surface area (Å²) in [6.45, 7) is 8.70. The van der Waals surface area contributed by atoms with Crippen molar-refractivity contribution in [2.45, 2.75) is 51.6 Å². The van der Waals surface area contributed by atoms with Crippen molar-refractivity contribution < 1.29 is 0 Å². The number of hydrogen-bond donors (Lipinski definition) is 2. The lowest BCUT2D eigenvalue weighted by Gasteiger charge is -2.27. The first-order chi connectivity index (χ1) is 8.56. The maximum absolute atomic E-state index is 3.69. The van der Waals surface area contributed by atoms with E-state index >= 15 is 0 Å². The molecule has 1 aliphatic carbocycles. The zero-order valence-electron chi connectivity index (χ0n) is 11.9. The third-order valence-electron chi connectivity index (χ3n) is 3.54. The van der Waals surface area contributed by atoms with Crippen LogP contribution < -0.4 is 10.6 Å². The summed E-state index contributed by atoms with van der Waals surface area (Å²) in [6.07, 6.45) is 3.82. The number of hydrogen-bond acceptors (Lipinski definition) is 2. The molecule has 0 aromatic heterocycles. The highest BCUT2D eigenvalue weighted by Crippen LogP contribution is 2.29. The number of fused-ring (bicyclic) bond motifs is 1. The fourth-order valence-corrected chi connectivity index (χ4v) is 2.65. The van der Waals surface area contributed by atoms with Crippen LogP contribution in [0, 0.1) is 0 Å². The van der Waals surface area contributed by atoms with Crippen LogP contribution in [-0.2, 0) is 6.42 Å². The fraction of sp³-hybridized carbons (Fsp3) is 0.625. The summed E-state index contributed by atoms with van der Waals surface area (Å²) in [5, 5.41) is 7.21. The van der Waals surface area contributed by atoms with Crippen molar-refractivity contribution in [3.63, 3.8) is 0 Å². The van der Waals surface area contributed by atoms with E-state index in [0.717, 1.165) is 13.1 Å². The maximum atomic E-state index is 3.69. The molecule has 0 aliphatic heterocycles. The Morgan fingerprint density at radius 1 is 1.17 bits per heavy atom. The van der Waals surface area contributed by atoms with Crippen LogP contribution in [0.5, 0.6) is 0 Å². The maximum Gasteiger partial charge on any atom is 0.0323 e. The molecule has 0 fully saturated rings. The minimum atomic E-state index is 0.214. The standard InChI is InChI=1S/C16H26N2/c1-16(2,3)18-12-11-17-15-10-6-8-13-7-4-5-9-14(13)15/h4-5,7,9,15,17-18H,6,8,10-12H2,1-3H3. The molecule has 1 unspecified atom stereocenters. The largest absolute Gasteiger partial charge is 0.311 e. The number of aryl methyl sites for hydroxylation is 1. The first kappa shape index (κ1) is 13.6. The summed E-state index contributed by atoms with van der Waals surface area (Å²) in [5.41, 5.74) is 3.26. The molecular weight excluding hydrogens is 220 g/mol. The number of nitrogens with one attached hydrogen (secondary N) is 2. The Morgan fingerprint density at radius 2 is 1.94 bits per heavy atom. The second-order valence-corrected chi connectivity index (χ2v) is 6.27. The fourth-order valence-electron chi connectivity index (χ4n) is 2.65. The van der Waals surface area contributed by atoms with Gasteiger partial charge in [-0.3, -0.25) is 0 Å². The first-order valence-corrected chi connectivity index (χ1v) is 7.12. The predicted octanol–water partition coefficient (Wildman–Crippen LogP) is 3.04. The second-order valence-electron chi connectivity index (χ2n) is 6.27. The van der Waals surface area contributed by atoms with E-state index in [1.165, 1.54) is 30.4 Å². The van der Waals surface area contributed by atoms with Crippen molar-refractivity contribution in [2.24, 2.45) is 0 Å². The van der Waals surface area contributed by atoms with Crippen LogP contribution in [0.1, 0.15) is 50.8 Å². The van der Waals surface area contributed by atoms with Crippen molar-refractivity contribution in [3.05, 3.63) is 35.4 Å². The Kier molecular flexibility index (Phi) is 4.41. The molecule has 2 N–H and O–H groups in total. The van der Waals surface area contributed by atoms with Gasteiger partial charge in [-0.2, -0.15) is 0 Å². The second kappa shape index (κ2) is 5.85. The molecule has 2 rings (SSSR count). The Morgan fingerprint density at radius 3 is 2.72 bits per heavy atom. The lowest BCUT2D eigenvalue weighted by Crippen LogP contribution is -2.41. The summed E-state index contributed by atoms with van der Waals surface area (Å²) in [4.78, 5) is 0. The molecule has 0 bridgehead atoms. The predicted molar refractivity (Wildman–Crippen MR) is 77.9 cm³/mol. The van der Waals surface area contributed by atoms with Crippen LogP contribution in [0.3, 0.4) is 0 Å². The summed E-state index contributed by atoms with van der Waals surface area (Å²) >= 11 is 0. The molecule has 18 heavy (non-hydrogen) atoms. The highest BCUT2D eigenvalue weighted by atomic mass is 15.0. The van der Waals surface area contributed by atoms with Gasteiger partial charge in [0.15, 0.2) is 0 Å². The summed E-state index contributed by atoms with van der Waals surface area (Å²) < 4.78 is 0. The third kappa shape index (κ3) is 3.82. The topological polar surface area (TPSA) is 24.1 Å². The van der Waals surface area contributed by atoms with Gasteiger partial charge in [0.1, 0.15) is 0 Å². The molecule has 1 aromatic carbocycles. The zero-order valence-corrected chi connectivity index (χ0v) is 11.9. The van der Waals surface area contributed by atoms with Crippen LogP contribution >= 0.6 is 0 Å². The van der Waals surface area contributed by atoms with Gasteiger partial charge in [-0.1, -0.05) is 24.3 Å². The van der Waals surface area contributed by atoms with Crippen molar-refractivity contribution in [3.8, 4) is 0 Å². The highest BCUT2D eigenvalue weighted by molar-refractivity contribution is 5.32. The van der Waals surface area contributed by atoms with Crippen molar-refractivity contribution in [1.29, 1.82) is 0 Å². The number of benzene rings is 1. The molecule has 2 heteroatoms. The van der Waals surface area contributed by atoms with Gasteiger partial charge in [0.2, 0.25) is 0 Å². The van der Waals surface area contributed by atoms with Gasteiger partial charge in [0, 0.05) is 24.7 Å². The molecule has 1 aromatic rings. The third-order valence-corrected chi connectivity index (χ3v) is 3.54. The van der Waals surface area contributed by atoms with Gasteiger partial charge in [0.05, 0.1) is 0 Å². The van der Waals surface area contributed by atoms with E-state index < -0.39 is 0 Å². The molecular formula is C16H26N2. The van der Waals surface area contributed by atoms with Crippen LogP contribution in [0.2, 0.25) is 0 Å². The molecule has 0 radical (unpaired) electrons. The van der Waals surface area contributed by atoms with Gasteiger partial charge in [-0.05, 0) is 51.2 Å². The van der Waals surface area contributed by atoms with Gasteiger partial charge in [0.25, 0.3) is 0 Å². The molecule has 0 heterocycles. The van der Waals surface area contributed by atoms with E-state index in [0.29, 0.717) is 6.04 Å². The molecule has 0 amide bonds. The van der Waals surface area contributed by atoms with E-state index in [9.17, 15) is 0 Å². The van der Waals surface area contributed by atoms with Crippen LogP contribution in [-0.4, -0.2) is 18.6 Å². The Bertz CT molecular complexity index is 379. The van der Waals surface area contributed by atoms with E-state index in [1.54, 1.807) is 0 Å². The van der Waals surface area contributed by atoms with E-state index in [4.69, 9.17) is 0 Å². The lowest BCUT2D eigenvalue weighted by atomic mass is 9.88. The van der Waals surface area contributed by atoms with Crippen LogP contribution in [0.15, 0.2) is 24.3 Å². The molecule has 2 nitrogen and oxygen atoms in total. The minimum absolute atomic E-state index is 0.214. The Hall–Kier alpha value is -0.860. The van der Waals surface area contributed by atoms with Crippen molar-refractivity contribution in [1.82, 2.24) is 10.6 Å². The highest BCUT2D eigenvalue weighted by Gasteiger charge is 2.18. The van der Waals surface area contributed by atoms with E-state index in [2.05, 4.69) is 55.7 Å². The molecule has 0 spiro atoms. The van der Waals surface area contributed by atoms with Gasteiger partial charge in [-0.15, -0.1) is 0 Å². The minimum Gasteiger partial charge on any atom is -0.311 e. The van der Waals surface area contributed by atoms with Crippen molar-refractivity contribution >= 4 is 0 Å². The lowest BCUT2D eigenvalue weighted by molar-refractivity contribution is 0.398. The quantitative estimate of drug-likeness (QED) is 0.798. The monoisotopic (exact) mass is 246 g/mol. The smallest absolute Gasteiger partial charge is 0.0323 e. The Labute approximate surface area is 111 Å². The number of rotatable bonds is 4. The molecule has 100 valence electrons. The summed E-state index contributed by atoms with van der Waals surface area (Å²) in [5.74, 6) is 0. The van der Waals surface area contributed by atoms with Gasteiger partial charge < -0.3 is 10.6 Å². The van der Waals surface area contributed by atoms with Gasteiger partial charge in [-0.25, -0.2) is 0 Å².